The van der Waals surface area contributed by atoms with Gasteiger partial charge in [0, 0.05) is 37.9 Å². The molecule has 2 N–H and O–H groups in total. The van der Waals surface area contributed by atoms with E-state index in [0.717, 1.165) is 57.5 Å². The van der Waals surface area contributed by atoms with Crippen LogP contribution in [-0.2, 0) is 16.4 Å². The van der Waals surface area contributed by atoms with Gasteiger partial charge in [0.15, 0.2) is 0 Å². The van der Waals surface area contributed by atoms with Gasteiger partial charge in [-0.05, 0) is 67.3 Å². The van der Waals surface area contributed by atoms with E-state index in [2.05, 4.69) is 32.8 Å². The first-order chi connectivity index (χ1) is 18.9. The Morgan fingerprint density at radius 2 is 1.74 bits per heavy atom. The number of aryl methyl sites for hydroxylation is 1. The van der Waals surface area contributed by atoms with E-state index >= 15 is 0 Å². The number of ether oxygens (including phenoxy) is 1. The number of nitrogens with one attached hydrogen (secondary N) is 2. The topological polar surface area (TPSA) is 91.0 Å². The van der Waals surface area contributed by atoms with Crippen molar-refractivity contribution in [2.45, 2.75) is 37.1 Å². The van der Waals surface area contributed by atoms with Gasteiger partial charge < -0.3 is 19.9 Å². The maximum Gasteiger partial charge on any atom is 0.259 e. The van der Waals surface area contributed by atoms with Crippen molar-refractivity contribution in [3.8, 4) is 5.75 Å². The monoisotopic (exact) mass is 548 g/mol. The highest BCUT2D eigenvalue weighted by atomic mass is 32.2. The normalized spacial score (nSPS) is 17.9. The zero-order chi connectivity index (χ0) is 27.4. The van der Waals surface area contributed by atoms with E-state index < -0.39 is 10.0 Å². The lowest BCUT2D eigenvalue weighted by Crippen LogP contribution is -2.46. The molecular weight excluding hydrogens is 512 g/mol. The molecule has 39 heavy (non-hydrogen) atoms. The summed E-state index contributed by atoms with van der Waals surface area (Å²) in [6.45, 7) is 6.30. The van der Waals surface area contributed by atoms with E-state index in [1.165, 1.54) is 12.7 Å². The Labute approximate surface area is 231 Å². The third-order valence-electron chi connectivity index (χ3n) is 7.69. The number of para-hydroxylation sites is 1. The van der Waals surface area contributed by atoms with E-state index in [1.807, 2.05) is 24.3 Å². The highest BCUT2D eigenvalue weighted by molar-refractivity contribution is 7.89. The van der Waals surface area contributed by atoms with Crippen LogP contribution in [-0.4, -0.2) is 59.1 Å². The number of methoxy groups -OCH3 is 1. The first-order valence-corrected chi connectivity index (χ1v) is 15.0. The van der Waals surface area contributed by atoms with Gasteiger partial charge in [0.25, 0.3) is 5.91 Å². The summed E-state index contributed by atoms with van der Waals surface area (Å²) in [6, 6.07) is 19.8. The molecule has 1 fully saturated rings. The molecule has 0 unspecified atom stereocenters. The number of hydrogen-bond donors (Lipinski definition) is 2. The van der Waals surface area contributed by atoms with E-state index in [9.17, 15) is 13.2 Å². The molecule has 1 aliphatic carbocycles. The molecule has 5 rings (SSSR count). The predicted molar refractivity (Wildman–Crippen MR) is 154 cm³/mol. The van der Waals surface area contributed by atoms with Gasteiger partial charge in [-0.1, -0.05) is 43.3 Å². The second-order valence-electron chi connectivity index (χ2n) is 10.0. The van der Waals surface area contributed by atoms with Crippen LogP contribution < -0.4 is 19.7 Å². The number of sulfonamides is 1. The molecular formula is C30H36N4O4S. The zero-order valence-electron chi connectivity index (χ0n) is 22.5. The molecule has 1 heterocycles. The molecule has 1 atom stereocenters. The van der Waals surface area contributed by atoms with Crippen LogP contribution in [0.1, 0.15) is 47.3 Å². The van der Waals surface area contributed by atoms with Crippen molar-refractivity contribution in [1.82, 2.24) is 9.62 Å². The summed E-state index contributed by atoms with van der Waals surface area (Å²) < 4.78 is 36.4. The minimum absolute atomic E-state index is 0.174. The number of carbonyl (C=O) groups excluding carboxylic acids is 1. The summed E-state index contributed by atoms with van der Waals surface area (Å²) >= 11 is 0. The first kappa shape index (κ1) is 27.2. The van der Waals surface area contributed by atoms with Crippen LogP contribution in [0.3, 0.4) is 0 Å². The SMILES string of the molecule is CCN1CCN(c2ccc(NC(=O)c3ccccc3OC)cc2S(=O)(=O)N[C@H]2CCCc3ccccc32)CC1. The molecule has 2 aliphatic rings. The third-order valence-corrected chi connectivity index (χ3v) is 9.19. The Morgan fingerprint density at radius 1 is 1.00 bits per heavy atom. The number of hydrogen-bond acceptors (Lipinski definition) is 6. The van der Waals surface area contributed by atoms with Crippen molar-refractivity contribution in [1.29, 1.82) is 0 Å². The van der Waals surface area contributed by atoms with Crippen LogP contribution in [0.5, 0.6) is 5.75 Å². The van der Waals surface area contributed by atoms with Crippen LogP contribution in [0.4, 0.5) is 11.4 Å². The Kier molecular flexibility index (Phi) is 8.20. The molecule has 0 spiro atoms. The molecule has 9 heteroatoms. The number of nitrogens with zero attached hydrogens (tertiary/aromatic N) is 2. The third kappa shape index (κ3) is 5.95. The summed E-state index contributed by atoms with van der Waals surface area (Å²) in [7, 11) is -2.41. The fourth-order valence-electron chi connectivity index (χ4n) is 5.53. The number of anilines is 2. The van der Waals surface area contributed by atoms with Crippen molar-refractivity contribution >= 4 is 27.3 Å². The minimum atomic E-state index is -3.92. The van der Waals surface area contributed by atoms with Crippen molar-refractivity contribution in [2.24, 2.45) is 0 Å². The highest BCUT2D eigenvalue weighted by Crippen LogP contribution is 2.34. The molecule has 8 nitrogen and oxygen atoms in total. The number of fused-ring (bicyclic) bond motifs is 1. The summed E-state index contributed by atoms with van der Waals surface area (Å²) in [5, 5.41) is 2.87. The molecule has 3 aromatic rings. The lowest BCUT2D eigenvalue weighted by molar-refractivity contribution is 0.102. The second kappa shape index (κ2) is 11.8. The number of amides is 1. The fraction of sp³-hybridized carbons (Fsp3) is 0.367. The maximum atomic E-state index is 14.0. The fourth-order valence-corrected chi connectivity index (χ4v) is 7.03. The quantitative estimate of drug-likeness (QED) is 0.433. The lowest BCUT2D eigenvalue weighted by Gasteiger charge is -2.36. The number of likely N-dealkylation sites (N-methyl/N-ethyl adjacent to an activating group) is 1. The van der Waals surface area contributed by atoms with Gasteiger partial charge in [0.1, 0.15) is 10.6 Å². The van der Waals surface area contributed by atoms with E-state index in [4.69, 9.17) is 4.74 Å². The van der Waals surface area contributed by atoms with Crippen molar-refractivity contribution in [3.63, 3.8) is 0 Å². The van der Waals surface area contributed by atoms with Crippen molar-refractivity contribution in [2.75, 3.05) is 50.1 Å². The number of piperazine rings is 1. The molecule has 0 saturated carbocycles. The molecule has 1 saturated heterocycles. The smallest absolute Gasteiger partial charge is 0.259 e. The Morgan fingerprint density at radius 3 is 2.51 bits per heavy atom. The lowest BCUT2D eigenvalue weighted by atomic mass is 9.88. The van der Waals surface area contributed by atoms with Gasteiger partial charge in [-0.25, -0.2) is 13.1 Å². The molecule has 1 amide bonds. The van der Waals surface area contributed by atoms with Crippen molar-refractivity contribution in [3.05, 3.63) is 83.4 Å². The number of carbonyl (C=O) groups is 1. The largest absolute Gasteiger partial charge is 0.496 e. The van der Waals surface area contributed by atoms with Crippen LogP contribution in [0.15, 0.2) is 71.6 Å². The highest BCUT2D eigenvalue weighted by Gasteiger charge is 2.30. The molecule has 3 aromatic carbocycles. The van der Waals surface area contributed by atoms with Gasteiger partial charge in [0.2, 0.25) is 10.0 Å². The Hall–Kier alpha value is -3.40. The van der Waals surface area contributed by atoms with E-state index in [0.29, 0.717) is 22.7 Å². The molecule has 206 valence electrons. The van der Waals surface area contributed by atoms with E-state index in [1.54, 1.807) is 36.4 Å². The molecule has 1 aliphatic heterocycles. The number of rotatable bonds is 8. The van der Waals surface area contributed by atoms with Gasteiger partial charge in [0.05, 0.1) is 18.4 Å². The van der Waals surface area contributed by atoms with Crippen LogP contribution >= 0.6 is 0 Å². The summed E-state index contributed by atoms with van der Waals surface area (Å²) in [5.41, 5.74) is 3.65. The molecule has 0 radical (unpaired) electrons. The average Bonchev–Trinajstić information content (AvgIpc) is 2.97. The average molecular weight is 549 g/mol. The van der Waals surface area contributed by atoms with Gasteiger partial charge in [-0.2, -0.15) is 0 Å². The molecule has 0 bridgehead atoms. The zero-order valence-corrected chi connectivity index (χ0v) is 23.3. The Balaban J connectivity index is 1.48. The van der Waals surface area contributed by atoms with E-state index in [-0.39, 0.29) is 16.8 Å². The predicted octanol–water partition coefficient (Wildman–Crippen LogP) is 4.45. The standard InChI is InChI=1S/C30H36N4O4S/c1-3-33-17-19-34(20-18-33)27-16-15-23(31-30(35)25-12-6-7-14-28(25)38-2)21-29(27)39(36,37)32-26-13-8-10-22-9-4-5-11-24(22)26/h4-7,9,11-12,14-16,21,26,32H,3,8,10,13,17-20H2,1-2H3,(H,31,35)/t26-/m0/s1. The first-order valence-electron chi connectivity index (χ1n) is 13.6. The van der Waals surface area contributed by atoms with Gasteiger partial charge >= 0.3 is 0 Å². The maximum absolute atomic E-state index is 14.0. The summed E-state index contributed by atoms with van der Waals surface area (Å²) in [4.78, 5) is 17.7. The van der Waals surface area contributed by atoms with Crippen LogP contribution in [0, 0.1) is 0 Å². The summed E-state index contributed by atoms with van der Waals surface area (Å²) in [6.07, 6.45) is 2.61. The second-order valence-corrected chi connectivity index (χ2v) is 11.7. The van der Waals surface area contributed by atoms with Gasteiger partial charge in [-0.3, -0.25) is 4.79 Å². The minimum Gasteiger partial charge on any atom is -0.496 e. The van der Waals surface area contributed by atoms with Crippen LogP contribution in [0.2, 0.25) is 0 Å². The van der Waals surface area contributed by atoms with Gasteiger partial charge in [-0.15, -0.1) is 0 Å². The number of benzene rings is 3. The Bertz CT molecular complexity index is 1430. The molecule has 0 aromatic heterocycles. The summed E-state index contributed by atoms with van der Waals surface area (Å²) in [5.74, 6) is 0.0835. The van der Waals surface area contributed by atoms with Crippen molar-refractivity contribution < 1.29 is 17.9 Å². The van der Waals surface area contributed by atoms with Crippen LogP contribution in [0.25, 0.3) is 0 Å².